The van der Waals surface area contributed by atoms with Gasteiger partial charge in [0.1, 0.15) is 36.3 Å². The zero-order valence-corrected chi connectivity index (χ0v) is 52.5. The number of rotatable bonds is 57. The molecule has 8 atom stereocenters. The summed E-state index contributed by atoms with van der Waals surface area (Å²) in [6, 6.07) is 5.59. The van der Waals surface area contributed by atoms with E-state index in [4.69, 9.17) is 37.9 Å². The third-order valence-electron chi connectivity index (χ3n) is 15.5. The Morgan fingerprint density at radius 2 is 0.988 bits per heavy atom. The molecule has 1 heterocycles. The molecule has 0 bridgehead atoms. The number of ether oxygens (including phenoxy) is 8. The van der Waals surface area contributed by atoms with Gasteiger partial charge in [-0.3, -0.25) is 9.59 Å². The van der Waals surface area contributed by atoms with Crippen molar-refractivity contribution in [2.24, 2.45) is 0 Å². The van der Waals surface area contributed by atoms with Crippen molar-refractivity contribution in [2.75, 3.05) is 59.4 Å². The SMILES string of the molecule is CCCCCCCCCCCCCC[C@@H](OCCCC)[C@@H](OCCCC)[C@H](CO[C@H]1OC(COCCCC)[C@H](OCCCC)[C@H](OCCCC)C1OCCCC)NC(=O)CCCCCCCCCCCNC(=O)c1ccccc1F. The summed E-state index contributed by atoms with van der Waals surface area (Å²) in [5.74, 6) is -0.856. The number of halogens is 1. The zero-order valence-electron chi connectivity index (χ0n) is 52.5. The highest BCUT2D eigenvalue weighted by molar-refractivity contribution is 5.94. The average molecular weight is 1140 g/mol. The van der Waals surface area contributed by atoms with E-state index in [9.17, 15) is 14.0 Å². The van der Waals surface area contributed by atoms with Gasteiger partial charge in [0, 0.05) is 52.6 Å². The van der Waals surface area contributed by atoms with Crippen LogP contribution >= 0.6 is 0 Å². The second-order valence-electron chi connectivity index (χ2n) is 22.8. The molecule has 2 unspecified atom stereocenters. The molecule has 1 aromatic carbocycles. The minimum absolute atomic E-state index is 0.00451. The second kappa shape index (κ2) is 52.3. The van der Waals surface area contributed by atoms with Crippen LogP contribution in [0.15, 0.2) is 24.3 Å². The van der Waals surface area contributed by atoms with E-state index in [1.165, 1.54) is 76.3 Å². The van der Waals surface area contributed by atoms with Gasteiger partial charge in [-0.05, 0) is 69.9 Å². The van der Waals surface area contributed by atoms with E-state index < -0.39 is 48.7 Å². The van der Waals surface area contributed by atoms with Crippen molar-refractivity contribution < 1.29 is 51.9 Å². The molecule has 2 amide bonds. The Morgan fingerprint density at radius 1 is 0.512 bits per heavy atom. The molecule has 12 nitrogen and oxygen atoms in total. The Morgan fingerprint density at radius 3 is 1.56 bits per heavy atom. The Labute approximate surface area is 489 Å². The summed E-state index contributed by atoms with van der Waals surface area (Å²) in [4.78, 5) is 26.6. The predicted molar refractivity (Wildman–Crippen MR) is 326 cm³/mol. The number of amides is 2. The normalized spacial score (nSPS) is 18.6. The Hall–Kier alpha value is -2.23. The summed E-state index contributed by atoms with van der Waals surface area (Å²) in [5, 5.41) is 6.33. The van der Waals surface area contributed by atoms with Gasteiger partial charge in [-0.15, -0.1) is 0 Å². The lowest BCUT2D eigenvalue weighted by molar-refractivity contribution is -0.325. The largest absolute Gasteiger partial charge is 0.379 e. The van der Waals surface area contributed by atoms with E-state index in [0.717, 1.165) is 154 Å². The topological polar surface area (TPSA) is 132 Å². The highest BCUT2D eigenvalue weighted by Crippen LogP contribution is 2.31. The molecule has 80 heavy (non-hydrogen) atoms. The van der Waals surface area contributed by atoms with Crippen LogP contribution in [0.5, 0.6) is 0 Å². The van der Waals surface area contributed by atoms with Crippen molar-refractivity contribution in [3.63, 3.8) is 0 Å². The van der Waals surface area contributed by atoms with Crippen molar-refractivity contribution >= 4 is 11.8 Å². The molecular formula is C67H123FN2O10. The first-order valence-electron chi connectivity index (χ1n) is 33.5. The highest BCUT2D eigenvalue weighted by atomic mass is 19.1. The lowest BCUT2D eigenvalue weighted by Crippen LogP contribution is -2.63. The van der Waals surface area contributed by atoms with Crippen LogP contribution in [0.3, 0.4) is 0 Å². The molecule has 1 aliphatic heterocycles. The molecular weight excluding hydrogens is 1010 g/mol. The molecule has 468 valence electrons. The van der Waals surface area contributed by atoms with Crippen molar-refractivity contribution in [3.8, 4) is 0 Å². The number of hydrogen-bond acceptors (Lipinski definition) is 10. The fraction of sp³-hybridized carbons (Fsp3) is 0.881. The maximum Gasteiger partial charge on any atom is 0.254 e. The lowest BCUT2D eigenvalue weighted by atomic mass is 9.97. The summed E-state index contributed by atoms with van der Waals surface area (Å²) in [5.41, 5.74) is 0.0917. The summed E-state index contributed by atoms with van der Waals surface area (Å²) < 4.78 is 68.4. The van der Waals surface area contributed by atoms with Gasteiger partial charge in [0.25, 0.3) is 5.91 Å². The molecule has 2 N–H and O–H groups in total. The van der Waals surface area contributed by atoms with Gasteiger partial charge in [-0.1, -0.05) is 221 Å². The number of carbonyl (C=O) groups excluding carboxylic acids is 2. The van der Waals surface area contributed by atoms with Crippen LogP contribution < -0.4 is 10.6 Å². The van der Waals surface area contributed by atoms with Gasteiger partial charge in [0.15, 0.2) is 6.29 Å². The second-order valence-corrected chi connectivity index (χ2v) is 22.8. The highest BCUT2D eigenvalue weighted by Gasteiger charge is 2.49. The number of benzene rings is 1. The molecule has 0 aliphatic carbocycles. The van der Waals surface area contributed by atoms with Gasteiger partial charge in [-0.25, -0.2) is 4.39 Å². The van der Waals surface area contributed by atoms with Crippen LogP contribution in [0.2, 0.25) is 0 Å². The maximum atomic E-state index is 14.3. The van der Waals surface area contributed by atoms with Crippen LogP contribution in [0.25, 0.3) is 0 Å². The van der Waals surface area contributed by atoms with Crippen LogP contribution in [0.4, 0.5) is 4.39 Å². The molecule has 1 saturated heterocycles. The molecule has 13 heteroatoms. The molecule has 0 saturated carbocycles. The van der Waals surface area contributed by atoms with Crippen LogP contribution in [0.1, 0.15) is 284 Å². The fourth-order valence-electron chi connectivity index (χ4n) is 10.3. The van der Waals surface area contributed by atoms with Gasteiger partial charge in [0.05, 0.1) is 30.9 Å². The molecule has 1 aromatic rings. The molecule has 0 radical (unpaired) electrons. The van der Waals surface area contributed by atoms with Crippen molar-refractivity contribution in [3.05, 3.63) is 35.6 Å². The van der Waals surface area contributed by atoms with Gasteiger partial charge in [-0.2, -0.15) is 0 Å². The van der Waals surface area contributed by atoms with E-state index in [0.29, 0.717) is 59.2 Å². The van der Waals surface area contributed by atoms with Crippen LogP contribution in [-0.2, 0) is 42.7 Å². The Balaban J connectivity index is 2.30. The summed E-state index contributed by atoms with van der Waals surface area (Å²) in [6.07, 6.45) is 34.2. The first-order chi connectivity index (χ1) is 39.3. The van der Waals surface area contributed by atoms with Crippen LogP contribution in [-0.4, -0.2) is 120 Å². The van der Waals surface area contributed by atoms with Gasteiger partial charge >= 0.3 is 0 Å². The first kappa shape index (κ1) is 73.9. The fourth-order valence-corrected chi connectivity index (χ4v) is 10.3. The van der Waals surface area contributed by atoms with Crippen molar-refractivity contribution in [1.29, 1.82) is 0 Å². The number of carbonyl (C=O) groups is 2. The quantitative estimate of drug-likeness (QED) is 0.0608. The Bertz CT molecular complexity index is 1560. The molecule has 0 aromatic heterocycles. The van der Waals surface area contributed by atoms with E-state index in [-0.39, 0.29) is 30.1 Å². The number of nitrogens with one attached hydrogen (secondary N) is 2. The van der Waals surface area contributed by atoms with Crippen molar-refractivity contribution in [2.45, 2.75) is 322 Å². The zero-order chi connectivity index (χ0) is 57.9. The summed E-state index contributed by atoms with van der Waals surface area (Å²) in [6.45, 7) is 19.9. The Kier molecular flexibility index (Phi) is 48.3. The van der Waals surface area contributed by atoms with Gasteiger partial charge in [0.2, 0.25) is 5.91 Å². The summed E-state index contributed by atoms with van der Waals surface area (Å²) in [7, 11) is 0. The third-order valence-corrected chi connectivity index (χ3v) is 15.5. The smallest absolute Gasteiger partial charge is 0.254 e. The van der Waals surface area contributed by atoms with Crippen molar-refractivity contribution in [1.82, 2.24) is 10.6 Å². The first-order valence-corrected chi connectivity index (χ1v) is 33.5. The van der Waals surface area contributed by atoms with E-state index in [2.05, 4.69) is 59.1 Å². The van der Waals surface area contributed by atoms with E-state index in [1.807, 2.05) is 0 Å². The minimum Gasteiger partial charge on any atom is -0.379 e. The van der Waals surface area contributed by atoms with E-state index >= 15 is 0 Å². The van der Waals surface area contributed by atoms with Crippen LogP contribution in [0, 0.1) is 5.82 Å². The number of hydrogen-bond donors (Lipinski definition) is 2. The number of unbranched alkanes of at least 4 members (excludes halogenated alkanes) is 25. The molecule has 0 spiro atoms. The maximum absolute atomic E-state index is 14.3. The molecule has 1 aliphatic rings. The standard InChI is InChI=1S/C67H123FN2O10/c1-8-15-22-23-24-25-26-27-29-32-35-38-45-59(74-49-17-10-3)62(75-50-18-11-4)58(70-61(71)46-39-36-33-30-28-31-34-37-42-47-69-66(72)56-43-40-41-44-57(56)68)54-79-67-65(78-53-21-14-7)64(77-52-20-13-6)63(76-51-19-12-5)60(80-67)55-73-48-16-9-2/h40-41,43-44,58-60,62-65,67H,8-39,42,45-55H2,1-7H3,(H,69,72)(H,70,71)/t58-,59+,60?,62-,63-,64-,65?,67-/m0/s1. The molecule has 1 fully saturated rings. The minimum atomic E-state index is -0.803. The molecule has 2 rings (SSSR count). The van der Waals surface area contributed by atoms with Gasteiger partial charge < -0.3 is 48.5 Å². The summed E-state index contributed by atoms with van der Waals surface area (Å²) >= 11 is 0. The van der Waals surface area contributed by atoms with E-state index in [1.54, 1.807) is 12.1 Å². The average Bonchev–Trinajstić information content (AvgIpc) is 3.46. The predicted octanol–water partition coefficient (Wildman–Crippen LogP) is 16.5. The third kappa shape index (κ3) is 35.2. The monoisotopic (exact) mass is 1130 g/mol. The lowest BCUT2D eigenvalue weighted by Gasteiger charge is -2.46.